The van der Waals surface area contributed by atoms with Crippen LogP contribution in [0.5, 0.6) is 0 Å². The van der Waals surface area contributed by atoms with Crippen molar-refractivity contribution in [1.82, 2.24) is 20.1 Å². The molecule has 1 aromatic heterocycles. The van der Waals surface area contributed by atoms with Crippen molar-refractivity contribution in [2.75, 3.05) is 5.75 Å². The molecule has 34 heavy (non-hydrogen) atoms. The lowest BCUT2D eigenvalue weighted by Crippen LogP contribution is -2.26. The zero-order valence-electron chi connectivity index (χ0n) is 19.0. The van der Waals surface area contributed by atoms with E-state index in [1.165, 1.54) is 22.9 Å². The molecule has 0 radical (unpaired) electrons. The lowest BCUT2D eigenvalue weighted by atomic mass is 10.2. The standard InChI is InChI=1S/C26H25ClN4OS2/c1-18-7-6-8-20(13-18)16-34-26-30-29-24(31(26)23-14-21(27)12-11-19(23)2)15-28-25(32)17-33-22-9-4-3-5-10-22/h3-14H,15-17H2,1-2H3,(H,28,32). The Balaban J connectivity index is 1.52. The van der Waals surface area contributed by atoms with E-state index < -0.39 is 0 Å². The summed E-state index contributed by atoms with van der Waals surface area (Å²) in [6, 6.07) is 24.1. The van der Waals surface area contributed by atoms with Gasteiger partial charge in [-0.25, -0.2) is 0 Å². The van der Waals surface area contributed by atoms with Crippen LogP contribution in [0.1, 0.15) is 22.5 Å². The van der Waals surface area contributed by atoms with Gasteiger partial charge in [-0.3, -0.25) is 9.36 Å². The zero-order valence-corrected chi connectivity index (χ0v) is 21.4. The van der Waals surface area contributed by atoms with Gasteiger partial charge in [0.05, 0.1) is 18.0 Å². The van der Waals surface area contributed by atoms with Crippen LogP contribution < -0.4 is 5.32 Å². The zero-order chi connectivity index (χ0) is 23.9. The van der Waals surface area contributed by atoms with Gasteiger partial charge in [-0.05, 0) is 49.2 Å². The second-order valence-electron chi connectivity index (χ2n) is 7.82. The number of amides is 1. The van der Waals surface area contributed by atoms with Crippen molar-refractivity contribution >= 4 is 41.0 Å². The van der Waals surface area contributed by atoms with Crippen molar-refractivity contribution in [1.29, 1.82) is 0 Å². The summed E-state index contributed by atoms with van der Waals surface area (Å²) < 4.78 is 1.99. The molecule has 0 aliphatic rings. The molecule has 4 rings (SSSR count). The van der Waals surface area contributed by atoms with E-state index in [2.05, 4.69) is 46.7 Å². The number of benzene rings is 3. The fraction of sp³-hybridized carbons (Fsp3) is 0.192. The van der Waals surface area contributed by atoms with Crippen molar-refractivity contribution in [3.63, 3.8) is 0 Å². The van der Waals surface area contributed by atoms with E-state index in [4.69, 9.17) is 11.6 Å². The van der Waals surface area contributed by atoms with E-state index in [9.17, 15) is 4.79 Å². The largest absolute Gasteiger partial charge is 0.348 e. The lowest BCUT2D eigenvalue weighted by Gasteiger charge is -2.14. The molecule has 3 aromatic carbocycles. The molecule has 0 aliphatic heterocycles. The minimum atomic E-state index is -0.0554. The third-order valence-corrected chi connectivity index (χ3v) is 7.37. The summed E-state index contributed by atoms with van der Waals surface area (Å²) in [5.41, 5.74) is 4.40. The first kappa shape index (κ1) is 24.4. The number of carbonyl (C=O) groups is 1. The Morgan fingerprint density at radius 2 is 1.79 bits per heavy atom. The predicted molar refractivity (Wildman–Crippen MR) is 141 cm³/mol. The van der Waals surface area contributed by atoms with Gasteiger partial charge in [-0.1, -0.05) is 77.5 Å². The molecule has 1 heterocycles. The van der Waals surface area contributed by atoms with Gasteiger partial charge in [-0.15, -0.1) is 22.0 Å². The second kappa shape index (κ2) is 11.6. The summed E-state index contributed by atoms with van der Waals surface area (Å²) in [6.07, 6.45) is 0. The Morgan fingerprint density at radius 1 is 0.971 bits per heavy atom. The molecule has 0 fully saturated rings. The van der Waals surface area contributed by atoms with Crippen LogP contribution in [0.15, 0.2) is 82.8 Å². The highest BCUT2D eigenvalue weighted by Gasteiger charge is 2.17. The highest BCUT2D eigenvalue weighted by atomic mass is 35.5. The Morgan fingerprint density at radius 3 is 2.59 bits per heavy atom. The van der Waals surface area contributed by atoms with Crippen molar-refractivity contribution in [2.24, 2.45) is 0 Å². The third-order valence-electron chi connectivity index (χ3n) is 5.12. The van der Waals surface area contributed by atoms with Gasteiger partial charge in [-0.2, -0.15) is 0 Å². The summed E-state index contributed by atoms with van der Waals surface area (Å²) in [6.45, 7) is 4.39. The lowest BCUT2D eigenvalue weighted by molar-refractivity contribution is -0.118. The van der Waals surface area contributed by atoms with Crippen molar-refractivity contribution in [3.05, 3.63) is 100 Å². The van der Waals surface area contributed by atoms with Crippen LogP contribution >= 0.6 is 35.1 Å². The molecule has 0 spiro atoms. The number of halogens is 1. The maximum absolute atomic E-state index is 12.5. The molecule has 0 saturated heterocycles. The number of hydrogen-bond acceptors (Lipinski definition) is 5. The minimum absolute atomic E-state index is 0.0554. The molecule has 4 aromatic rings. The number of thioether (sulfide) groups is 2. The molecular weight excluding hydrogens is 484 g/mol. The fourth-order valence-electron chi connectivity index (χ4n) is 3.42. The van der Waals surface area contributed by atoms with E-state index >= 15 is 0 Å². The maximum atomic E-state index is 12.5. The van der Waals surface area contributed by atoms with Crippen molar-refractivity contribution < 1.29 is 4.79 Å². The normalized spacial score (nSPS) is 10.9. The first-order valence-corrected chi connectivity index (χ1v) is 13.2. The predicted octanol–water partition coefficient (Wildman–Crippen LogP) is 6.24. The van der Waals surface area contributed by atoms with E-state index in [-0.39, 0.29) is 12.5 Å². The number of rotatable bonds is 9. The monoisotopic (exact) mass is 508 g/mol. The number of aromatic nitrogens is 3. The van der Waals surface area contributed by atoms with Crippen LogP contribution in [0.25, 0.3) is 5.69 Å². The van der Waals surface area contributed by atoms with Gasteiger partial charge < -0.3 is 5.32 Å². The molecule has 5 nitrogen and oxygen atoms in total. The Kier molecular flexibility index (Phi) is 8.32. The number of aryl methyl sites for hydroxylation is 2. The molecule has 1 amide bonds. The molecule has 0 unspecified atom stereocenters. The summed E-state index contributed by atoms with van der Waals surface area (Å²) in [7, 11) is 0. The van der Waals surface area contributed by atoms with Crippen LogP contribution in [0.4, 0.5) is 0 Å². The van der Waals surface area contributed by atoms with Gasteiger partial charge in [0.1, 0.15) is 0 Å². The van der Waals surface area contributed by atoms with E-state index in [0.717, 1.165) is 27.1 Å². The average Bonchev–Trinajstić information content (AvgIpc) is 3.25. The molecule has 0 saturated carbocycles. The molecule has 0 aliphatic carbocycles. The van der Waals surface area contributed by atoms with Crippen LogP contribution in [0, 0.1) is 13.8 Å². The first-order valence-electron chi connectivity index (χ1n) is 10.8. The topological polar surface area (TPSA) is 59.8 Å². The van der Waals surface area contributed by atoms with Crippen molar-refractivity contribution in [2.45, 2.75) is 36.2 Å². The van der Waals surface area contributed by atoms with Crippen LogP contribution in [0.3, 0.4) is 0 Å². The Hall–Kier alpha value is -2.74. The Labute approximate surface area is 213 Å². The number of nitrogens with zero attached hydrogens (tertiary/aromatic N) is 3. The molecule has 8 heteroatoms. The average molecular weight is 509 g/mol. The van der Waals surface area contributed by atoms with E-state index in [0.29, 0.717) is 16.6 Å². The number of nitrogens with one attached hydrogen (secondary N) is 1. The quantitative estimate of drug-likeness (QED) is 0.271. The summed E-state index contributed by atoms with van der Waals surface area (Å²) >= 11 is 9.44. The minimum Gasteiger partial charge on any atom is -0.348 e. The summed E-state index contributed by atoms with van der Waals surface area (Å²) in [5, 5.41) is 13.2. The van der Waals surface area contributed by atoms with Gasteiger partial charge in [0.25, 0.3) is 0 Å². The summed E-state index contributed by atoms with van der Waals surface area (Å²) in [4.78, 5) is 13.6. The molecule has 0 bridgehead atoms. The second-order valence-corrected chi connectivity index (χ2v) is 10.2. The third kappa shape index (κ3) is 6.44. The van der Waals surface area contributed by atoms with Crippen LogP contribution in [-0.4, -0.2) is 26.4 Å². The van der Waals surface area contributed by atoms with Gasteiger partial charge >= 0.3 is 0 Å². The van der Waals surface area contributed by atoms with Gasteiger partial charge in [0, 0.05) is 15.7 Å². The number of carbonyl (C=O) groups excluding carboxylic acids is 1. The molecular formula is C26H25ClN4OS2. The fourth-order valence-corrected chi connectivity index (χ4v) is 5.24. The Bertz CT molecular complexity index is 1280. The highest BCUT2D eigenvalue weighted by molar-refractivity contribution is 8.00. The smallest absolute Gasteiger partial charge is 0.230 e. The van der Waals surface area contributed by atoms with Crippen LogP contribution in [-0.2, 0) is 17.1 Å². The van der Waals surface area contributed by atoms with E-state index in [1.807, 2.05) is 60.0 Å². The highest BCUT2D eigenvalue weighted by Crippen LogP contribution is 2.28. The van der Waals surface area contributed by atoms with Gasteiger partial charge in [0.2, 0.25) is 5.91 Å². The SMILES string of the molecule is Cc1cccc(CSc2nnc(CNC(=O)CSc3ccccc3)n2-c2cc(Cl)ccc2C)c1. The van der Waals surface area contributed by atoms with Crippen LogP contribution in [0.2, 0.25) is 5.02 Å². The molecule has 1 N–H and O–H groups in total. The first-order chi connectivity index (χ1) is 16.5. The van der Waals surface area contributed by atoms with Gasteiger partial charge in [0.15, 0.2) is 11.0 Å². The molecule has 0 atom stereocenters. The van der Waals surface area contributed by atoms with Crippen molar-refractivity contribution in [3.8, 4) is 5.69 Å². The summed E-state index contributed by atoms with van der Waals surface area (Å²) in [5.74, 6) is 1.71. The molecule has 174 valence electrons. The number of hydrogen-bond donors (Lipinski definition) is 1. The van der Waals surface area contributed by atoms with E-state index in [1.54, 1.807) is 11.8 Å². The maximum Gasteiger partial charge on any atom is 0.230 e.